The molecule has 86 valence electrons. The largest absolute Gasteiger partial charge is 0.337 e. The second-order valence-electron chi connectivity index (χ2n) is 4.30. The average Bonchev–Trinajstić information content (AvgIpc) is 2.82. The van der Waals surface area contributed by atoms with Crippen LogP contribution >= 0.6 is 12.4 Å². The third-order valence-electron chi connectivity index (χ3n) is 2.74. The van der Waals surface area contributed by atoms with Crippen LogP contribution in [0.5, 0.6) is 0 Å². The van der Waals surface area contributed by atoms with Crippen molar-refractivity contribution >= 4 is 12.4 Å². The van der Waals surface area contributed by atoms with Gasteiger partial charge in [0, 0.05) is 0 Å². The maximum Gasteiger partial charge on any atom is 0.246 e. The number of hydrogen-bond acceptors (Lipinski definition) is 5. The lowest BCUT2D eigenvalue weighted by molar-refractivity contribution is 0.271. The number of nitrogens with two attached hydrogens (primary N) is 2. The van der Waals surface area contributed by atoms with Crippen LogP contribution in [0.1, 0.15) is 44.4 Å². The first-order valence-electron chi connectivity index (χ1n) is 4.90. The van der Waals surface area contributed by atoms with Gasteiger partial charge in [-0.3, -0.25) is 0 Å². The molecule has 0 spiro atoms. The lowest BCUT2D eigenvalue weighted by Gasteiger charge is -2.18. The summed E-state index contributed by atoms with van der Waals surface area (Å²) in [6.07, 6.45) is 2.28. The van der Waals surface area contributed by atoms with E-state index in [9.17, 15) is 0 Å². The molecular weight excluding hydrogens is 216 g/mol. The minimum absolute atomic E-state index is 0. The highest BCUT2D eigenvalue weighted by Gasteiger charge is 2.43. The molecule has 0 amide bonds. The zero-order valence-corrected chi connectivity index (χ0v) is 9.75. The summed E-state index contributed by atoms with van der Waals surface area (Å²) < 4.78 is 5.13. The van der Waals surface area contributed by atoms with Gasteiger partial charge in [0.1, 0.15) is 0 Å². The van der Waals surface area contributed by atoms with Gasteiger partial charge in [0.15, 0.2) is 5.82 Å². The SMILES string of the molecule is CC(N)c1noc(C(C)(N)C2CC2)n1.Cl. The van der Waals surface area contributed by atoms with E-state index in [1.807, 2.05) is 13.8 Å². The van der Waals surface area contributed by atoms with E-state index in [0.717, 1.165) is 12.8 Å². The van der Waals surface area contributed by atoms with Gasteiger partial charge < -0.3 is 16.0 Å². The van der Waals surface area contributed by atoms with Gasteiger partial charge in [-0.15, -0.1) is 12.4 Å². The first kappa shape index (κ1) is 12.4. The smallest absolute Gasteiger partial charge is 0.246 e. The first-order valence-corrected chi connectivity index (χ1v) is 4.90. The van der Waals surface area contributed by atoms with E-state index in [2.05, 4.69) is 10.1 Å². The molecule has 5 nitrogen and oxygen atoms in total. The third-order valence-corrected chi connectivity index (χ3v) is 2.74. The Bertz CT molecular complexity index is 333. The van der Waals surface area contributed by atoms with Crippen molar-refractivity contribution in [2.24, 2.45) is 17.4 Å². The van der Waals surface area contributed by atoms with Crippen molar-refractivity contribution in [3.63, 3.8) is 0 Å². The highest BCUT2D eigenvalue weighted by molar-refractivity contribution is 5.85. The Labute approximate surface area is 95.0 Å². The van der Waals surface area contributed by atoms with E-state index in [-0.39, 0.29) is 18.4 Å². The zero-order chi connectivity index (χ0) is 10.3. The van der Waals surface area contributed by atoms with Gasteiger partial charge in [-0.25, -0.2) is 0 Å². The summed E-state index contributed by atoms with van der Waals surface area (Å²) in [6.45, 7) is 3.75. The number of halogens is 1. The lowest BCUT2D eigenvalue weighted by atomic mass is 9.97. The second kappa shape index (κ2) is 4.08. The van der Waals surface area contributed by atoms with Gasteiger partial charge in [-0.1, -0.05) is 5.16 Å². The number of hydrogen-bond donors (Lipinski definition) is 2. The van der Waals surface area contributed by atoms with Crippen LogP contribution in [0.3, 0.4) is 0 Å². The summed E-state index contributed by atoms with van der Waals surface area (Å²) in [5.41, 5.74) is 11.3. The second-order valence-corrected chi connectivity index (χ2v) is 4.30. The normalized spacial score (nSPS) is 21.6. The predicted octanol–water partition coefficient (Wildman–Crippen LogP) is 1.10. The molecule has 0 bridgehead atoms. The summed E-state index contributed by atoms with van der Waals surface area (Å²) in [7, 11) is 0. The number of rotatable bonds is 3. The molecule has 1 aromatic heterocycles. The van der Waals surface area contributed by atoms with E-state index in [0.29, 0.717) is 17.6 Å². The Balaban J connectivity index is 0.00000112. The van der Waals surface area contributed by atoms with Crippen LogP contribution in [0, 0.1) is 5.92 Å². The van der Waals surface area contributed by atoms with E-state index in [4.69, 9.17) is 16.0 Å². The van der Waals surface area contributed by atoms with Crippen molar-refractivity contribution in [2.75, 3.05) is 0 Å². The summed E-state index contributed by atoms with van der Waals surface area (Å²) in [5, 5.41) is 3.80. The molecule has 1 aromatic rings. The summed E-state index contributed by atoms with van der Waals surface area (Å²) in [4.78, 5) is 4.21. The van der Waals surface area contributed by atoms with Gasteiger partial charge >= 0.3 is 0 Å². The Morgan fingerprint density at radius 3 is 2.53 bits per heavy atom. The van der Waals surface area contributed by atoms with Crippen LogP contribution < -0.4 is 11.5 Å². The molecule has 0 saturated heterocycles. The highest BCUT2D eigenvalue weighted by atomic mass is 35.5. The van der Waals surface area contributed by atoms with Crippen LogP contribution in [0.25, 0.3) is 0 Å². The molecule has 4 N–H and O–H groups in total. The standard InChI is InChI=1S/C9H16N4O.ClH/c1-5(10)7-12-8(14-13-7)9(2,11)6-3-4-6;/h5-6H,3-4,10-11H2,1-2H3;1H. The number of nitrogens with zero attached hydrogens (tertiary/aromatic N) is 2. The lowest BCUT2D eigenvalue weighted by Crippen LogP contribution is -2.35. The Kier molecular flexibility index (Phi) is 3.38. The van der Waals surface area contributed by atoms with Crippen molar-refractivity contribution in [3.05, 3.63) is 11.7 Å². The number of aromatic nitrogens is 2. The minimum atomic E-state index is -0.486. The topological polar surface area (TPSA) is 91.0 Å². The van der Waals surface area contributed by atoms with E-state index >= 15 is 0 Å². The molecule has 0 radical (unpaired) electrons. The fraction of sp³-hybridized carbons (Fsp3) is 0.778. The fourth-order valence-electron chi connectivity index (χ4n) is 1.50. The Morgan fingerprint density at radius 2 is 2.13 bits per heavy atom. The molecule has 6 heteroatoms. The maximum atomic E-state index is 6.12. The van der Waals surface area contributed by atoms with Crippen molar-refractivity contribution in [1.82, 2.24) is 10.1 Å². The Morgan fingerprint density at radius 1 is 1.53 bits per heavy atom. The van der Waals surface area contributed by atoms with Crippen LogP contribution in [0.4, 0.5) is 0 Å². The van der Waals surface area contributed by atoms with Crippen LogP contribution in [0.15, 0.2) is 4.52 Å². The molecule has 2 rings (SSSR count). The molecule has 2 atom stereocenters. The molecule has 2 unspecified atom stereocenters. The molecule has 1 aliphatic carbocycles. The fourth-order valence-corrected chi connectivity index (χ4v) is 1.50. The summed E-state index contributed by atoms with van der Waals surface area (Å²) in [6, 6.07) is -0.206. The average molecular weight is 233 g/mol. The van der Waals surface area contributed by atoms with Gasteiger partial charge in [0.25, 0.3) is 0 Å². The maximum absolute atomic E-state index is 6.12. The van der Waals surface area contributed by atoms with Crippen LogP contribution in [-0.2, 0) is 5.54 Å². The monoisotopic (exact) mass is 232 g/mol. The van der Waals surface area contributed by atoms with E-state index in [1.54, 1.807) is 0 Å². The quantitative estimate of drug-likeness (QED) is 0.814. The van der Waals surface area contributed by atoms with Crippen molar-refractivity contribution < 1.29 is 4.52 Å². The Hall–Kier alpha value is -0.650. The zero-order valence-electron chi connectivity index (χ0n) is 8.93. The summed E-state index contributed by atoms with van der Waals surface area (Å²) in [5.74, 6) is 1.51. The minimum Gasteiger partial charge on any atom is -0.337 e. The highest BCUT2D eigenvalue weighted by Crippen LogP contribution is 2.43. The van der Waals surface area contributed by atoms with Gasteiger partial charge in [0.2, 0.25) is 5.89 Å². The molecule has 0 aliphatic heterocycles. The molecule has 1 saturated carbocycles. The molecule has 1 heterocycles. The molecule has 15 heavy (non-hydrogen) atoms. The van der Waals surface area contributed by atoms with Crippen molar-refractivity contribution in [2.45, 2.75) is 38.3 Å². The van der Waals surface area contributed by atoms with Crippen molar-refractivity contribution in [3.8, 4) is 0 Å². The van der Waals surface area contributed by atoms with Crippen LogP contribution in [-0.4, -0.2) is 10.1 Å². The third kappa shape index (κ3) is 2.30. The van der Waals surface area contributed by atoms with E-state index in [1.165, 1.54) is 0 Å². The van der Waals surface area contributed by atoms with Gasteiger partial charge in [-0.05, 0) is 32.6 Å². The first-order chi connectivity index (χ1) is 6.51. The molecule has 1 fully saturated rings. The summed E-state index contributed by atoms with van der Waals surface area (Å²) >= 11 is 0. The predicted molar refractivity (Wildman–Crippen MR) is 58.4 cm³/mol. The molecular formula is C9H17ClN4O. The molecule has 1 aliphatic rings. The van der Waals surface area contributed by atoms with Crippen molar-refractivity contribution in [1.29, 1.82) is 0 Å². The van der Waals surface area contributed by atoms with Gasteiger partial charge in [0.05, 0.1) is 11.6 Å². The van der Waals surface area contributed by atoms with Gasteiger partial charge in [-0.2, -0.15) is 4.98 Å². The van der Waals surface area contributed by atoms with Crippen LogP contribution in [0.2, 0.25) is 0 Å². The molecule has 0 aromatic carbocycles. The van der Waals surface area contributed by atoms with E-state index < -0.39 is 5.54 Å².